The average Bonchev–Trinajstić information content (AvgIpc) is 3.34. The van der Waals surface area contributed by atoms with E-state index in [-0.39, 0.29) is 17.6 Å². The van der Waals surface area contributed by atoms with Gasteiger partial charge in [0.05, 0.1) is 6.61 Å². The van der Waals surface area contributed by atoms with Gasteiger partial charge in [0.15, 0.2) is 0 Å². The van der Waals surface area contributed by atoms with E-state index in [0.29, 0.717) is 36.8 Å². The Morgan fingerprint density at radius 2 is 1.97 bits per heavy atom. The molecule has 2 aromatic carbocycles. The van der Waals surface area contributed by atoms with Crippen molar-refractivity contribution in [2.75, 3.05) is 11.9 Å². The van der Waals surface area contributed by atoms with Crippen molar-refractivity contribution in [3.05, 3.63) is 83.4 Å². The smallest absolute Gasteiger partial charge is 0.225 e. The summed E-state index contributed by atoms with van der Waals surface area (Å²) in [5.41, 5.74) is 5.14. The second-order valence-corrected chi connectivity index (χ2v) is 8.73. The van der Waals surface area contributed by atoms with Gasteiger partial charge in [-0.25, -0.2) is 9.37 Å². The Morgan fingerprint density at radius 3 is 2.85 bits per heavy atom. The summed E-state index contributed by atoms with van der Waals surface area (Å²) in [5.74, 6) is 2.74. The predicted octanol–water partition coefficient (Wildman–Crippen LogP) is 5.33. The number of hydrogen-bond acceptors (Lipinski definition) is 5. The van der Waals surface area contributed by atoms with Crippen LogP contribution >= 0.6 is 0 Å². The first kappa shape index (κ1) is 20.6. The molecule has 3 aliphatic heterocycles. The number of halogens is 1. The number of benzene rings is 2. The zero-order chi connectivity index (χ0) is 23.1. The molecule has 3 aromatic rings. The molecule has 0 bridgehead atoms. The van der Waals surface area contributed by atoms with Gasteiger partial charge in [0, 0.05) is 42.4 Å². The molecular formula is C27H22FN3O3. The van der Waals surface area contributed by atoms with Gasteiger partial charge in [-0.2, -0.15) is 0 Å². The number of allylic oxidation sites excluding steroid dienone is 1. The third-order valence-corrected chi connectivity index (χ3v) is 6.48. The molecule has 1 atom stereocenters. The summed E-state index contributed by atoms with van der Waals surface area (Å²) in [6.45, 7) is 0.578. The lowest BCUT2D eigenvalue weighted by Crippen LogP contribution is -2.27. The summed E-state index contributed by atoms with van der Waals surface area (Å²) in [5, 5.41) is 2.80. The maximum atomic E-state index is 13.3. The summed E-state index contributed by atoms with van der Waals surface area (Å²) in [6.07, 6.45) is 6.08. The standard InChI is InChI=1S/C27H22FN3O3/c28-20-3-1-16(2-4-20)18-13-23(30-14-18)19-11-17-12-21(5-7-24(17)33-15-19)34-25-9-10-29-27-22(25)6-8-26(32)31-27/h1-5,7,9-10,12,14,19H,6,8,11,13,15H2,(H,29,31,32). The molecule has 6 rings (SSSR count). The molecule has 1 amide bonds. The SMILES string of the molecule is O=C1CCc2c(Oc3ccc4c(c3)CC(C3=NC=C(c5ccc(F)cc5)C3)CO4)ccnc2N1. The van der Waals surface area contributed by atoms with Gasteiger partial charge in [-0.3, -0.25) is 9.79 Å². The molecule has 1 N–H and O–H groups in total. The highest BCUT2D eigenvalue weighted by Gasteiger charge is 2.28. The molecule has 1 unspecified atom stereocenters. The zero-order valence-electron chi connectivity index (χ0n) is 18.4. The Kier molecular flexibility index (Phi) is 5.09. The summed E-state index contributed by atoms with van der Waals surface area (Å²) in [4.78, 5) is 20.6. The van der Waals surface area contributed by atoms with Gasteiger partial charge in [-0.1, -0.05) is 12.1 Å². The minimum atomic E-state index is -0.240. The number of ether oxygens (including phenoxy) is 2. The van der Waals surface area contributed by atoms with E-state index in [4.69, 9.17) is 9.47 Å². The third kappa shape index (κ3) is 3.94. The molecule has 0 radical (unpaired) electrons. The first-order chi connectivity index (χ1) is 16.6. The molecule has 0 aliphatic carbocycles. The molecule has 7 heteroatoms. The van der Waals surface area contributed by atoms with Crippen LogP contribution in [-0.2, 0) is 17.6 Å². The first-order valence-electron chi connectivity index (χ1n) is 11.4. The average molecular weight is 455 g/mol. The van der Waals surface area contributed by atoms with Gasteiger partial charge in [0.2, 0.25) is 5.91 Å². The van der Waals surface area contributed by atoms with Crippen LogP contribution < -0.4 is 14.8 Å². The minimum Gasteiger partial charge on any atom is -0.493 e. The predicted molar refractivity (Wildman–Crippen MR) is 127 cm³/mol. The number of rotatable bonds is 4. The summed E-state index contributed by atoms with van der Waals surface area (Å²) in [7, 11) is 0. The number of hydrogen-bond donors (Lipinski definition) is 1. The number of nitrogens with one attached hydrogen (secondary N) is 1. The Morgan fingerprint density at radius 1 is 1.09 bits per heavy atom. The number of amides is 1. The van der Waals surface area contributed by atoms with Crippen molar-refractivity contribution in [1.82, 2.24) is 4.98 Å². The van der Waals surface area contributed by atoms with Gasteiger partial charge in [0.25, 0.3) is 0 Å². The lowest BCUT2D eigenvalue weighted by Gasteiger charge is -2.26. The first-order valence-corrected chi connectivity index (χ1v) is 11.4. The monoisotopic (exact) mass is 455 g/mol. The highest BCUT2D eigenvalue weighted by Crippen LogP contribution is 2.37. The molecular weight excluding hydrogens is 433 g/mol. The van der Waals surface area contributed by atoms with E-state index in [1.165, 1.54) is 12.1 Å². The lowest BCUT2D eigenvalue weighted by atomic mass is 9.89. The molecule has 0 saturated carbocycles. The second kappa shape index (κ2) is 8.41. The van der Waals surface area contributed by atoms with Gasteiger partial charge in [0.1, 0.15) is 28.9 Å². The molecule has 0 saturated heterocycles. The number of aromatic nitrogens is 1. The van der Waals surface area contributed by atoms with Crippen LogP contribution in [0.3, 0.4) is 0 Å². The number of nitrogens with zero attached hydrogens (tertiary/aromatic N) is 2. The van der Waals surface area contributed by atoms with E-state index < -0.39 is 0 Å². The van der Waals surface area contributed by atoms with E-state index in [9.17, 15) is 9.18 Å². The number of carbonyl (C=O) groups is 1. The quantitative estimate of drug-likeness (QED) is 0.577. The van der Waals surface area contributed by atoms with Crippen LogP contribution in [0.1, 0.15) is 29.5 Å². The zero-order valence-corrected chi connectivity index (χ0v) is 18.4. The van der Waals surface area contributed by atoms with E-state index >= 15 is 0 Å². The topological polar surface area (TPSA) is 72.8 Å². The van der Waals surface area contributed by atoms with E-state index in [1.54, 1.807) is 18.3 Å². The number of anilines is 1. The van der Waals surface area contributed by atoms with Crippen molar-refractivity contribution < 1.29 is 18.7 Å². The summed E-state index contributed by atoms with van der Waals surface area (Å²) < 4.78 is 25.5. The fourth-order valence-corrected chi connectivity index (χ4v) is 4.67. The van der Waals surface area contributed by atoms with E-state index in [1.807, 2.05) is 30.5 Å². The van der Waals surface area contributed by atoms with Gasteiger partial charge in [-0.15, -0.1) is 0 Å². The molecule has 3 aliphatic rings. The van der Waals surface area contributed by atoms with Crippen LogP contribution in [0.25, 0.3) is 5.57 Å². The highest BCUT2D eigenvalue weighted by molar-refractivity contribution is 6.00. The Balaban J connectivity index is 1.17. The number of fused-ring (bicyclic) bond motifs is 2. The number of pyridine rings is 1. The molecule has 0 fully saturated rings. The van der Waals surface area contributed by atoms with Gasteiger partial charge < -0.3 is 14.8 Å². The second-order valence-electron chi connectivity index (χ2n) is 8.73. The van der Waals surface area contributed by atoms with Crippen LogP contribution in [-0.4, -0.2) is 23.2 Å². The third-order valence-electron chi connectivity index (χ3n) is 6.48. The molecule has 34 heavy (non-hydrogen) atoms. The van der Waals surface area contributed by atoms with Crippen LogP contribution in [0.4, 0.5) is 10.2 Å². The summed E-state index contributed by atoms with van der Waals surface area (Å²) in [6, 6.07) is 14.2. The van der Waals surface area contributed by atoms with E-state index in [0.717, 1.165) is 46.6 Å². The van der Waals surface area contributed by atoms with Crippen molar-refractivity contribution in [1.29, 1.82) is 0 Å². The largest absolute Gasteiger partial charge is 0.493 e. The number of carbonyl (C=O) groups excluding carboxylic acids is 1. The van der Waals surface area contributed by atoms with Crippen molar-refractivity contribution in [3.8, 4) is 17.2 Å². The van der Waals surface area contributed by atoms with Crippen molar-refractivity contribution >= 4 is 23.0 Å². The number of aliphatic imine (C=N–C) groups is 1. The van der Waals surface area contributed by atoms with Crippen LogP contribution in [0, 0.1) is 11.7 Å². The Hall–Kier alpha value is -4.00. The van der Waals surface area contributed by atoms with Gasteiger partial charge in [-0.05, 0) is 65.9 Å². The maximum Gasteiger partial charge on any atom is 0.225 e. The fourth-order valence-electron chi connectivity index (χ4n) is 4.67. The molecule has 4 heterocycles. The van der Waals surface area contributed by atoms with Crippen molar-refractivity contribution in [2.45, 2.75) is 25.7 Å². The van der Waals surface area contributed by atoms with Crippen LogP contribution in [0.15, 0.2) is 65.9 Å². The highest BCUT2D eigenvalue weighted by atomic mass is 19.1. The van der Waals surface area contributed by atoms with Crippen LogP contribution in [0.5, 0.6) is 17.2 Å². The van der Waals surface area contributed by atoms with E-state index in [2.05, 4.69) is 15.3 Å². The summed E-state index contributed by atoms with van der Waals surface area (Å²) >= 11 is 0. The molecule has 0 spiro atoms. The minimum absolute atomic E-state index is 0.0268. The Labute approximate surface area is 196 Å². The lowest BCUT2D eigenvalue weighted by molar-refractivity contribution is -0.116. The molecule has 170 valence electrons. The van der Waals surface area contributed by atoms with Crippen molar-refractivity contribution in [3.63, 3.8) is 0 Å². The maximum absolute atomic E-state index is 13.3. The van der Waals surface area contributed by atoms with Gasteiger partial charge >= 0.3 is 0 Å². The van der Waals surface area contributed by atoms with Crippen molar-refractivity contribution in [2.24, 2.45) is 10.9 Å². The Bertz CT molecular complexity index is 1350. The molecule has 6 nitrogen and oxygen atoms in total. The molecule has 1 aromatic heterocycles. The fraction of sp³-hybridized carbons (Fsp3) is 0.222. The normalized spacial score (nSPS) is 18.7. The van der Waals surface area contributed by atoms with Crippen LogP contribution in [0.2, 0.25) is 0 Å².